The SMILES string of the molecule is CCOC(=O)c1sc(N=C2N=CCCN2)nc1C.Cl. The first kappa shape index (κ1) is 15.6. The van der Waals surface area contributed by atoms with Crippen molar-refractivity contribution in [2.45, 2.75) is 20.3 Å². The Bertz CT molecular complexity index is 513. The Morgan fingerprint density at radius 1 is 1.63 bits per heavy atom. The van der Waals surface area contributed by atoms with E-state index in [1.54, 1.807) is 13.8 Å². The number of aromatic nitrogens is 1. The van der Waals surface area contributed by atoms with Gasteiger partial charge in [0, 0.05) is 19.2 Å². The van der Waals surface area contributed by atoms with Gasteiger partial charge in [-0.05, 0) is 13.8 Å². The van der Waals surface area contributed by atoms with Crippen LogP contribution in [0.25, 0.3) is 0 Å². The van der Waals surface area contributed by atoms with E-state index in [1.165, 1.54) is 11.3 Å². The number of nitrogens with zero attached hydrogens (tertiary/aromatic N) is 3. The standard InChI is InChI=1S/C11H14N4O2S.ClH/c1-3-17-9(16)8-7(2)14-11(18-8)15-10-12-5-4-6-13-10;/h5H,3-4,6H2,1-2H3,(H,13,14,15);1H. The van der Waals surface area contributed by atoms with Crippen molar-refractivity contribution < 1.29 is 9.53 Å². The number of thiazole rings is 1. The van der Waals surface area contributed by atoms with E-state index >= 15 is 0 Å². The predicted octanol–water partition coefficient (Wildman–Crippen LogP) is 2.10. The van der Waals surface area contributed by atoms with Crippen LogP contribution in [0.5, 0.6) is 0 Å². The quantitative estimate of drug-likeness (QED) is 0.868. The summed E-state index contributed by atoms with van der Waals surface area (Å²) in [7, 11) is 0. The first-order valence-electron chi connectivity index (χ1n) is 5.70. The van der Waals surface area contributed by atoms with Gasteiger partial charge in [0.2, 0.25) is 11.1 Å². The minimum atomic E-state index is -0.348. The van der Waals surface area contributed by atoms with E-state index in [0.717, 1.165) is 13.0 Å². The Morgan fingerprint density at radius 2 is 2.42 bits per heavy atom. The molecular weight excluding hydrogens is 288 g/mol. The van der Waals surface area contributed by atoms with Crippen molar-refractivity contribution in [1.29, 1.82) is 0 Å². The fourth-order valence-corrected chi connectivity index (χ4v) is 2.25. The fraction of sp³-hybridized carbons (Fsp3) is 0.455. The van der Waals surface area contributed by atoms with Crippen LogP contribution in [0.2, 0.25) is 0 Å². The number of carbonyl (C=O) groups is 1. The van der Waals surface area contributed by atoms with Crippen LogP contribution in [0.15, 0.2) is 9.98 Å². The van der Waals surface area contributed by atoms with Crippen molar-refractivity contribution in [3.63, 3.8) is 0 Å². The number of guanidine groups is 1. The van der Waals surface area contributed by atoms with Crippen molar-refractivity contribution in [2.24, 2.45) is 9.98 Å². The fourth-order valence-electron chi connectivity index (χ4n) is 1.42. The average Bonchev–Trinajstić information content (AvgIpc) is 2.72. The van der Waals surface area contributed by atoms with Crippen LogP contribution in [0.1, 0.15) is 28.7 Å². The Hall–Kier alpha value is -1.47. The molecule has 1 aliphatic rings. The molecule has 0 atom stereocenters. The van der Waals surface area contributed by atoms with E-state index < -0.39 is 0 Å². The van der Waals surface area contributed by atoms with Gasteiger partial charge in [-0.3, -0.25) is 0 Å². The molecule has 1 aromatic heterocycles. The maximum Gasteiger partial charge on any atom is 0.350 e. The molecule has 0 radical (unpaired) electrons. The third-order valence-corrected chi connectivity index (χ3v) is 3.25. The maximum atomic E-state index is 11.6. The summed E-state index contributed by atoms with van der Waals surface area (Å²) < 4.78 is 4.95. The Labute approximate surface area is 121 Å². The second-order valence-corrected chi connectivity index (χ2v) is 4.57. The van der Waals surface area contributed by atoms with Crippen LogP contribution in [0.3, 0.4) is 0 Å². The predicted molar refractivity (Wildman–Crippen MR) is 78.3 cm³/mol. The molecule has 0 saturated heterocycles. The highest BCUT2D eigenvalue weighted by molar-refractivity contribution is 7.17. The second kappa shape index (κ2) is 7.20. The van der Waals surface area contributed by atoms with Crippen LogP contribution < -0.4 is 5.32 Å². The number of ether oxygens (including phenoxy) is 1. The molecule has 0 fully saturated rings. The lowest BCUT2D eigenvalue weighted by Crippen LogP contribution is -2.26. The highest BCUT2D eigenvalue weighted by Gasteiger charge is 2.16. The molecule has 0 unspecified atom stereocenters. The zero-order valence-electron chi connectivity index (χ0n) is 10.7. The van der Waals surface area contributed by atoms with Gasteiger partial charge in [-0.25, -0.2) is 14.8 Å². The number of nitrogens with one attached hydrogen (secondary N) is 1. The van der Waals surface area contributed by atoms with Gasteiger partial charge in [0.25, 0.3) is 0 Å². The summed E-state index contributed by atoms with van der Waals surface area (Å²) >= 11 is 1.21. The third-order valence-electron chi connectivity index (χ3n) is 2.22. The van der Waals surface area contributed by atoms with Gasteiger partial charge in [0.1, 0.15) is 4.88 Å². The lowest BCUT2D eigenvalue weighted by atomic mass is 10.4. The Balaban J connectivity index is 0.00000180. The van der Waals surface area contributed by atoms with Crippen molar-refractivity contribution in [2.75, 3.05) is 13.2 Å². The van der Waals surface area contributed by atoms with Crippen LogP contribution in [-0.2, 0) is 4.74 Å². The lowest BCUT2D eigenvalue weighted by Gasteiger charge is -2.06. The van der Waals surface area contributed by atoms with Crippen LogP contribution in [0, 0.1) is 6.92 Å². The zero-order valence-corrected chi connectivity index (χ0v) is 12.3. The Morgan fingerprint density at radius 3 is 3.05 bits per heavy atom. The minimum absolute atomic E-state index is 0. The molecule has 19 heavy (non-hydrogen) atoms. The maximum absolute atomic E-state index is 11.6. The van der Waals surface area contributed by atoms with Gasteiger partial charge in [-0.2, -0.15) is 4.99 Å². The van der Waals surface area contributed by atoms with Gasteiger partial charge >= 0.3 is 5.97 Å². The zero-order chi connectivity index (χ0) is 13.0. The molecule has 0 spiro atoms. The van der Waals surface area contributed by atoms with Crippen LogP contribution in [0.4, 0.5) is 5.13 Å². The molecule has 0 aromatic carbocycles. The molecule has 6 nitrogen and oxygen atoms in total. The molecule has 0 aliphatic carbocycles. The molecule has 0 amide bonds. The number of esters is 1. The van der Waals surface area contributed by atoms with E-state index in [1.807, 2.05) is 6.21 Å². The van der Waals surface area contributed by atoms with Crippen LogP contribution in [-0.4, -0.2) is 36.3 Å². The highest BCUT2D eigenvalue weighted by Crippen LogP contribution is 2.25. The molecule has 8 heteroatoms. The molecule has 1 aliphatic heterocycles. The number of hydrogen-bond acceptors (Lipinski definition) is 5. The number of halogens is 1. The van der Waals surface area contributed by atoms with E-state index in [0.29, 0.717) is 28.3 Å². The van der Waals surface area contributed by atoms with Gasteiger partial charge in [-0.15, -0.1) is 12.4 Å². The van der Waals surface area contributed by atoms with Crippen molar-refractivity contribution in [3.05, 3.63) is 10.6 Å². The van der Waals surface area contributed by atoms with Crippen LogP contribution >= 0.6 is 23.7 Å². The number of hydrogen-bond donors (Lipinski definition) is 1. The molecular formula is C11H15ClN4O2S. The lowest BCUT2D eigenvalue weighted by molar-refractivity contribution is 0.0531. The molecule has 0 saturated carbocycles. The number of carbonyl (C=O) groups excluding carboxylic acids is 1. The topological polar surface area (TPSA) is 75.9 Å². The molecule has 1 N–H and O–H groups in total. The largest absolute Gasteiger partial charge is 0.462 e. The van der Waals surface area contributed by atoms with Gasteiger partial charge < -0.3 is 10.1 Å². The minimum Gasteiger partial charge on any atom is -0.462 e. The van der Waals surface area contributed by atoms with E-state index in [4.69, 9.17) is 4.74 Å². The second-order valence-electron chi connectivity index (χ2n) is 3.59. The third kappa shape index (κ3) is 4.00. The van der Waals surface area contributed by atoms with Crippen molar-refractivity contribution >= 4 is 47.0 Å². The van der Waals surface area contributed by atoms with Crippen molar-refractivity contribution in [3.8, 4) is 0 Å². The average molecular weight is 303 g/mol. The molecule has 104 valence electrons. The smallest absolute Gasteiger partial charge is 0.350 e. The summed E-state index contributed by atoms with van der Waals surface area (Å²) in [5.74, 6) is 0.185. The van der Waals surface area contributed by atoms with E-state index in [2.05, 4.69) is 20.3 Å². The summed E-state index contributed by atoms with van der Waals surface area (Å²) in [6.45, 7) is 4.71. The summed E-state index contributed by atoms with van der Waals surface area (Å²) in [5.41, 5.74) is 0.637. The highest BCUT2D eigenvalue weighted by atomic mass is 35.5. The number of aryl methyl sites for hydroxylation is 1. The van der Waals surface area contributed by atoms with Crippen molar-refractivity contribution in [1.82, 2.24) is 10.3 Å². The van der Waals surface area contributed by atoms with Gasteiger partial charge in [-0.1, -0.05) is 11.3 Å². The summed E-state index contributed by atoms with van der Waals surface area (Å²) in [5, 5.41) is 3.56. The molecule has 2 heterocycles. The number of aliphatic imine (C=N–C) groups is 2. The molecule has 2 rings (SSSR count). The summed E-state index contributed by atoms with van der Waals surface area (Å²) in [4.78, 5) is 24.7. The Kier molecular flexibility index (Phi) is 5.91. The summed E-state index contributed by atoms with van der Waals surface area (Å²) in [6.07, 6.45) is 2.70. The van der Waals surface area contributed by atoms with Gasteiger partial charge in [0.05, 0.1) is 12.3 Å². The molecule has 0 bridgehead atoms. The van der Waals surface area contributed by atoms with Gasteiger partial charge in [0.15, 0.2) is 0 Å². The number of rotatable bonds is 3. The monoisotopic (exact) mass is 302 g/mol. The molecule has 1 aromatic rings. The summed E-state index contributed by atoms with van der Waals surface area (Å²) in [6, 6.07) is 0. The normalized spacial score (nSPS) is 15.8. The first-order chi connectivity index (χ1) is 8.70. The van der Waals surface area contributed by atoms with E-state index in [-0.39, 0.29) is 18.4 Å². The first-order valence-corrected chi connectivity index (χ1v) is 6.52. The van der Waals surface area contributed by atoms with E-state index in [9.17, 15) is 4.79 Å².